The molecule has 0 bridgehead atoms. The van der Waals surface area contributed by atoms with Gasteiger partial charge >= 0.3 is 5.97 Å². The van der Waals surface area contributed by atoms with Crippen LogP contribution in [0.4, 0.5) is 5.13 Å². The van der Waals surface area contributed by atoms with Crippen LogP contribution < -0.4 is 5.32 Å². The Morgan fingerprint density at radius 2 is 1.71 bits per heavy atom. The Bertz CT molecular complexity index is 1290. The highest BCUT2D eigenvalue weighted by Crippen LogP contribution is 2.25. The molecule has 174 valence electrons. The van der Waals surface area contributed by atoms with E-state index in [-0.39, 0.29) is 18.3 Å². The summed E-state index contributed by atoms with van der Waals surface area (Å²) in [5.74, 6) is -0.646. The Labute approximate surface area is 202 Å². The molecule has 0 spiro atoms. The van der Waals surface area contributed by atoms with Crippen molar-refractivity contribution in [1.29, 1.82) is 0 Å². The van der Waals surface area contributed by atoms with E-state index in [1.807, 2.05) is 38.1 Å². The highest BCUT2D eigenvalue weighted by Gasteiger charge is 2.20. The number of anilines is 1. The smallest absolute Gasteiger partial charge is 0.311 e. The summed E-state index contributed by atoms with van der Waals surface area (Å²) in [6.07, 6.45) is 1.83. The second-order valence-electron chi connectivity index (χ2n) is 8.02. The maximum absolute atomic E-state index is 13.2. The van der Waals surface area contributed by atoms with Gasteiger partial charge in [-0.2, -0.15) is 5.10 Å². The van der Waals surface area contributed by atoms with Crippen molar-refractivity contribution in [3.05, 3.63) is 88.1 Å². The van der Waals surface area contributed by atoms with Crippen molar-refractivity contribution >= 4 is 28.3 Å². The molecule has 0 unspecified atom stereocenters. The SMILES string of the molecule is CCOC(=O)Cc1csc(NC(=O)c2cn(Cc3ccc(C)cc3)nc2-c2ccc(C)cc2)n1. The van der Waals surface area contributed by atoms with Gasteiger partial charge in [0.05, 0.1) is 30.8 Å². The lowest BCUT2D eigenvalue weighted by Crippen LogP contribution is -2.13. The molecule has 4 aromatic rings. The average Bonchev–Trinajstić information content (AvgIpc) is 3.43. The lowest BCUT2D eigenvalue weighted by molar-refractivity contribution is -0.142. The third kappa shape index (κ3) is 5.77. The van der Waals surface area contributed by atoms with Gasteiger partial charge in [0.1, 0.15) is 5.69 Å². The van der Waals surface area contributed by atoms with Gasteiger partial charge in [-0.05, 0) is 26.3 Å². The Morgan fingerprint density at radius 3 is 2.38 bits per heavy atom. The zero-order chi connectivity index (χ0) is 24.1. The minimum atomic E-state index is -0.343. The van der Waals surface area contributed by atoms with Crippen LogP contribution in [-0.2, 0) is 22.5 Å². The molecule has 34 heavy (non-hydrogen) atoms. The van der Waals surface area contributed by atoms with Crippen LogP contribution in [0.1, 0.15) is 39.7 Å². The van der Waals surface area contributed by atoms with E-state index in [0.29, 0.717) is 35.2 Å². The van der Waals surface area contributed by atoms with E-state index in [9.17, 15) is 9.59 Å². The van der Waals surface area contributed by atoms with Crippen LogP contribution in [-0.4, -0.2) is 33.2 Å². The van der Waals surface area contributed by atoms with Crippen LogP contribution in [0.15, 0.2) is 60.1 Å². The number of esters is 1. The minimum absolute atomic E-state index is 0.0727. The molecule has 7 nitrogen and oxygen atoms in total. The number of rotatable bonds is 8. The van der Waals surface area contributed by atoms with Crippen molar-refractivity contribution in [3.8, 4) is 11.3 Å². The molecule has 0 saturated carbocycles. The second kappa shape index (κ2) is 10.4. The molecule has 2 aromatic carbocycles. The van der Waals surface area contributed by atoms with E-state index >= 15 is 0 Å². The van der Waals surface area contributed by atoms with Crippen molar-refractivity contribution in [2.24, 2.45) is 0 Å². The molecule has 0 aliphatic carbocycles. The number of aromatic nitrogens is 3. The van der Waals surface area contributed by atoms with Gasteiger partial charge in [-0.1, -0.05) is 59.7 Å². The number of nitrogens with one attached hydrogen (secondary N) is 1. The predicted molar refractivity (Wildman–Crippen MR) is 133 cm³/mol. The molecule has 0 radical (unpaired) electrons. The fourth-order valence-corrected chi connectivity index (χ4v) is 4.15. The zero-order valence-corrected chi connectivity index (χ0v) is 20.2. The maximum atomic E-state index is 13.2. The van der Waals surface area contributed by atoms with Crippen LogP contribution in [0.5, 0.6) is 0 Å². The Hall–Kier alpha value is -3.78. The quantitative estimate of drug-likeness (QED) is 0.362. The first-order valence-corrected chi connectivity index (χ1v) is 11.9. The van der Waals surface area contributed by atoms with Gasteiger partial charge in [-0.15, -0.1) is 11.3 Å². The molecular formula is C26H26N4O3S. The first-order chi connectivity index (χ1) is 16.4. The molecule has 0 aliphatic rings. The lowest BCUT2D eigenvalue weighted by Gasteiger charge is -2.03. The lowest BCUT2D eigenvalue weighted by atomic mass is 10.1. The molecule has 0 atom stereocenters. The average molecular weight is 475 g/mol. The van der Waals surface area contributed by atoms with E-state index in [2.05, 4.69) is 34.6 Å². The summed E-state index contributed by atoms with van der Waals surface area (Å²) >= 11 is 1.27. The summed E-state index contributed by atoms with van der Waals surface area (Å²) < 4.78 is 6.74. The van der Waals surface area contributed by atoms with E-state index in [0.717, 1.165) is 16.7 Å². The topological polar surface area (TPSA) is 86.1 Å². The fourth-order valence-electron chi connectivity index (χ4n) is 3.44. The number of nitrogens with zero attached hydrogens (tertiary/aromatic N) is 3. The van der Waals surface area contributed by atoms with E-state index in [1.54, 1.807) is 23.2 Å². The van der Waals surface area contributed by atoms with Crippen molar-refractivity contribution in [2.45, 2.75) is 33.7 Å². The predicted octanol–water partition coefficient (Wildman–Crippen LogP) is 5.03. The standard InChI is InChI=1S/C26H26N4O3S/c1-4-33-23(31)13-21-16-34-26(27-21)28-25(32)22-15-30(14-19-9-5-17(2)6-10-19)29-24(22)20-11-7-18(3)8-12-20/h5-12,15-16H,4,13-14H2,1-3H3,(H,27,28,32). The summed E-state index contributed by atoms with van der Waals surface area (Å²) in [6, 6.07) is 16.2. The molecule has 2 heterocycles. The summed E-state index contributed by atoms with van der Waals surface area (Å²) in [5, 5.41) is 9.75. The number of hydrogen-bond acceptors (Lipinski definition) is 6. The van der Waals surface area contributed by atoms with Crippen LogP contribution in [0, 0.1) is 13.8 Å². The normalized spacial score (nSPS) is 10.8. The first kappa shape index (κ1) is 23.4. The van der Waals surface area contributed by atoms with E-state index < -0.39 is 0 Å². The van der Waals surface area contributed by atoms with Gasteiger partial charge in [0.2, 0.25) is 0 Å². The number of thiazole rings is 1. The molecule has 1 amide bonds. The van der Waals surface area contributed by atoms with Crippen molar-refractivity contribution < 1.29 is 14.3 Å². The first-order valence-electron chi connectivity index (χ1n) is 11.0. The molecular weight excluding hydrogens is 448 g/mol. The summed E-state index contributed by atoms with van der Waals surface area (Å²) in [7, 11) is 0. The third-order valence-corrected chi connectivity index (χ3v) is 6.01. The number of benzene rings is 2. The number of carbonyl (C=O) groups is 2. The highest BCUT2D eigenvalue weighted by atomic mass is 32.1. The number of hydrogen-bond donors (Lipinski definition) is 1. The van der Waals surface area contributed by atoms with Crippen molar-refractivity contribution in [1.82, 2.24) is 14.8 Å². The Balaban J connectivity index is 1.58. The van der Waals surface area contributed by atoms with Crippen molar-refractivity contribution in [2.75, 3.05) is 11.9 Å². The molecule has 8 heteroatoms. The summed E-state index contributed by atoms with van der Waals surface area (Å²) in [5.41, 5.74) is 5.90. The molecule has 0 fully saturated rings. The van der Waals surface area contributed by atoms with E-state index in [1.165, 1.54) is 16.9 Å². The van der Waals surface area contributed by atoms with Crippen LogP contribution in [0.25, 0.3) is 11.3 Å². The molecule has 0 saturated heterocycles. The van der Waals surface area contributed by atoms with Crippen LogP contribution in [0.2, 0.25) is 0 Å². The third-order valence-electron chi connectivity index (χ3n) is 5.20. The highest BCUT2D eigenvalue weighted by molar-refractivity contribution is 7.14. The number of carbonyl (C=O) groups excluding carboxylic acids is 2. The van der Waals surface area contributed by atoms with Crippen LogP contribution >= 0.6 is 11.3 Å². The number of aryl methyl sites for hydroxylation is 2. The van der Waals surface area contributed by atoms with Gasteiger partial charge in [-0.25, -0.2) is 4.98 Å². The zero-order valence-electron chi connectivity index (χ0n) is 19.4. The largest absolute Gasteiger partial charge is 0.466 e. The Morgan fingerprint density at radius 1 is 1.03 bits per heavy atom. The summed E-state index contributed by atoms with van der Waals surface area (Å²) in [4.78, 5) is 29.3. The molecule has 2 aromatic heterocycles. The number of amides is 1. The van der Waals surface area contributed by atoms with Gasteiger partial charge in [-0.3, -0.25) is 19.6 Å². The molecule has 4 rings (SSSR count). The van der Waals surface area contributed by atoms with Gasteiger partial charge < -0.3 is 4.74 Å². The monoisotopic (exact) mass is 474 g/mol. The summed E-state index contributed by atoms with van der Waals surface area (Å²) in [6.45, 7) is 6.69. The van der Waals surface area contributed by atoms with Gasteiger partial charge in [0.15, 0.2) is 5.13 Å². The minimum Gasteiger partial charge on any atom is -0.466 e. The fraction of sp³-hybridized carbons (Fsp3) is 0.231. The Kier molecular flexibility index (Phi) is 7.18. The second-order valence-corrected chi connectivity index (χ2v) is 8.88. The van der Waals surface area contributed by atoms with Gasteiger partial charge in [0, 0.05) is 17.1 Å². The maximum Gasteiger partial charge on any atom is 0.311 e. The van der Waals surface area contributed by atoms with Gasteiger partial charge in [0.25, 0.3) is 5.91 Å². The molecule has 1 N–H and O–H groups in total. The van der Waals surface area contributed by atoms with E-state index in [4.69, 9.17) is 9.84 Å². The molecule has 0 aliphatic heterocycles. The number of ether oxygens (including phenoxy) is 1. The van der Waals surface area contributed by atoms with Crippen molar-refractivity contribution in [3.63, 3.8) is 0 Å². The van der Waals surface area contributed by atoms with Crippen LogP contribution in [0.3, 0.4) is 0 Å².